The van der Waals surface area contributed by atoms with Crippen LogP contribution in [0.5, 0.6) is 0 Å². The fourth-order valence-electron chi connectivity index (χ4n) is 2.91. The zero-order valence-corrected chi connectivity index (χ0v) is 12.8. The average Bonchev–Trinajstić information content (AvgIpc) is 2.84. The van der Waals surface area contributed by atoms with Crippen molar-refractivity contribution in [2.75, 3.05) is 26.8 Å². The van der Waals surface area contributed by atoms with Crippen LogP contribution in [0, 0.1) is 5.82 Å². The molecular weight excluding hydrogens is 301 g/mol. The summed E-state index contributed by atoms with van der Waals surface area (Å²) in [6, 6.07) is 4.89. The van der Waals surface area contributed by atoms with Crippen LogP contribution >= 0.6 is 0 Å². The topological polar surface area (TPSA) is 70.7 Å². The average molecular weight is 319 g/mol. The molecule has 1 aromatic rings. The van der Waals surface area contributed by atoms with Crippen LogP contribution in [0.4, 0.5) is 9.18 Å². The Morgan fingerprint density at radius 2 is 2.04 bits per heavy atom. The van der Waals surface area contributed by atoms with Gasteiger partial charge in [-0.2, -0.15) is 0 Å². The number of carbonyl (C=O) groups excluding carboxylic acids is 2. The normalized spacial score (nSPS) is 20.4. The van der Waals surface area contributed by atoms with Gasteiger partial charge in [-0.05, 0) is 24.1 Å². The highest BCUT2D eigenvalue weighted by atomic mass is 19.1. The van der Waals surface area contributed by atoms with Crippen molar-refractivity contribution in [3.8, 4) is 0 Å². The Morgan fingerprint density at radius 3 is 2.74 bits per heavy atom. The van der Waals surface area contributed by atoms with E-state index >= 15 is 0 Å². The molecule has 0 aliphatic carbocycles. The van der Waals surface area contributed by atoms with Crippen LogP contribution in [0.25, 0.3) is 0 Å². The number of nitrogens with one attached hydrogen (secondary N) is 2. The molecule has 3 rings (SSSR count). The summed E-state index contributed by atoms with van der Waals surface area (Å²) in [5.41, 5.74) is 1.82. The number of amides is 3. The number of hydrogen-bond donors (Lipinski definition) is 2. The SMILES string of the molecule is COCCCN1CC2=C(C1=O)[C@H](c1ccc(F)cc1)NC(=O)N2. The highest BCUT2D eigenvalue weighted by Gasteiger charge is 2.39. The van der Waals surface area contributed by atoms with Gasteiger partial charge in [-0.1, -0.05) is 12.1 Å². The first-order valence-electron chi connectivity index (χ1n) is 7.44. The number of nitrogens with zero attached hydrogens (tertiary/aromatic N) is 1. The minimum Gasteiger partial charge on any atom is -0.385 e. The molecule has 0 saturated carbocycles. The van der Waals surface area contributed by atoms with E-state index in [1.165, 1.54) is 12.1 Å². The summed E-state index contributed by atoms with van der Waals surface area (Å²) in [5, 5.41) is 5.44. The van der Waals surface area contributed by atoms with Gasteiger partial charge >= 0.3 is 6.03 Å². The van der Waals surface area contributed by atoms with Gasteiger partial charge < -0.3 is 20.3 Å². The molecular formula is C16H18FN3O3. The van der Waals surface area contributed by atoms with Gasteiger partial charge in [-0.15, -0.1) is 0 Å². The fraction of sp³-hybridized carbons (Fsp3) is 0.375. The van der Waals surface area contributed by atoms with E-state index in [-0.39, 0.29) is 17.8 Å². The third-order valence-electron chi connectivity index (χ3n) is 4.00. The molecule has 2 aliphatic heterocycles. The van der Waals surface area contributed by atoms with Crippen LogP contribution in [0.1, 0.15) is 18.0 Å². The molecule has 0 aromatic heterocycles. The summed E-state index contributed by atoms with van der Waals surface area (Å²) in [6.07, 6.45) is 0.728. The van der Waals surface area contributed by atoms with Crippen molar-refractivity contribution >= 4 is 11.9 Å². The summed E-state index contributed by atoms with van der Waals surface area (Å²) in [4.78, 5) is 26.2. The number of benzene rings is 1. The van der Waals surface area contributed by atoms with Crippen molar-refractivity contribution in [2.45, 2.75) is 12.5 Å². The molecule has 0 unspecified atom stereocenters. The van der Waals surface area contributed by atoms with Gasteiger partial charge in [0.25, 0.3) is 5.91 Å². The zero-order valence-electron chi connectivity index (χ0n) is 12.8. The maximum Gasteiger partial charge on any atom is 0.319 e. The van der Waals surface area contributed by atoms with Crippen LogP contribution in [0.2, 0.25) is 0 Å². The summed E-state index contributed by atoms with van der Waals surface area (Å²) >= 11 is 0. The van der Waals surface area contributed by atoms with Crippen molar-refractivity contribution < 1.29 is 18.7 Å². The summed E-state index contributed by atoms with van der Waals surface area (Å²) < 4.78 is 18.1. The van der Waals surface area contributed by atoms with Gasteiger partial charge in [0, 0.05) is 20.3 Å². The van der Waals surface area contributed by atoms with E-state index in [1.54, 1.807) is 24.1 Å². The van der Waals surface area contributed by atoms with E-state index in [0.29, 0.717) is 36.5 Å². The Labute approximate surface area is 133 Å². The molecule has 122 valence electrons. The molecule has 23 heavy (non-hydrogen) atoms. The van der Waals surface area contributed by atoms with E-state index in [1.807, 2.05) is 0 Å². The first-order chi connectivity index (χ1) is 11.1. The minimum absolute atomic E-state index is 0.113. The molecule has 0 spiro atoms. The fourth-order valence-corrected chi connectivity index (χ4v) is 2.91. The van der Waals surface area contributed by atoms with Gasteiger partial charge in [0.2, 0.25) is 0 Å². The Morgan fingerprint density at radius 1 is 1.30 bits per heavy atom. The molecule has 0 fully saturated rings. The number of hydrogen-bond acceptors (Lipinski definition) is 3. The Hall–Kier alpha value is -2.41. The highest BCUT2D eigenvalue weighted by molar-refractivity contribution is 6.01. The Bertz CT molecular complexity index is 657. The summed E-state index contributed by atoms with van der Waals surface area (Å²) in [5.74, 6) is -0.472. The second kappa shape index (κ2) is 6.37. The Kier molecular flexibility index (Phi) is 4.29. The molecule has 2 aliphatic rings. The van der Waals surface area contributed by atoms with Crippen molar-refractivity contribution in [1.82, 2.24) is 15.5 Å². The minimum atomic E-state index is -0.556. The van der Waals surface area contributed by atoms with Crippen LogP contribution < -0.4 is 10.6 Å². The van der Waals surface area contributed by atoms with Crippen molar-refractivity contribution in [2.24, 2.45) is 0 Å². The number of urea groups is 1. The van der Waals surface area contributed by atoms with Gasteiger partial charge in [-0.25, -0.2) is 9.18 Å². The molecule has 0 bridgehead atoms. The lowest BCUT2D eigenvalue weighted by Gasteiger charge is -2.25. The highest BCUT2D eigenvalue weighted by Crippen LogP contribution is 2.32. The monoisotopic (exact) mass is 319 g/mol. The predicted octanol–water partition coefficient (Wildman–Crippen LogP) is 1.31. The quantitative estimate of drug-likeness (QED) is 0.804. The molecule has 0 saturated heterocycles. The van der Waals surface area contributed by atoms with Crippen LogP contribution in [0.15, 0.2) is 35.5 Å². The maximum absolute atomic E-state index is 13.1. The third-order valence-corrected chi connectivity index (χ3v) is 4.00. The van der Waals surface area contributed by atoms with Crippen molar-refractivity contribution in [1.29, 1.82) is 0 Å². The van der Waals surface area contributed by atoms with Crippen LogP contribution in [-0.2, 0) is 9.53 Å². The van der Waals surface area contributed by atoms with Gasteiger partial charge in [-0.3, -0.25) is 4.79 Å². The maximum atomic E-state index is 13.1. The number of halogens is 1. The summed E-state index contributed by atoms with van der Waals surface area (Å²) in [7, 11) is 1.61. The van der Waals surface area contributed by atoms with Crippen LogP contribution in [-0.4, -0.2) is 43.6 Å². The first-order valence-corrected chi connectivity index (χ1v) is 7.44. The van der Waals surface area contributed by atoms with E-state index < -0.39 is 6.04 Å². The lowest BCUT2D eigenvalue weighted by Crippen LogP contribution is -2.44. The smallest absolute Gasteiger partial charge is 0.319 e. The zero-order chi connectivity index (χ0) is 16.4. The lowest BCUT2D eigenvalue weighted by atomic mass is 9.96. The number of rotatable bonds is 5. The van der Waals surface area contributed by atoms with E-state index in [4.69, 9.17) is 4.74 Å². The second-order valence-corrected chi connectivity index (χ2v) is 5.55. The molecule has 1 aromatic carbocycles. The standard InChI is InChI=1S/C16H18FN3O3/c1-23-8-2-7-20-9-12-13(15(20)21)14(19-16(22)18-12)10-3-5-11(17)6-4-10/h3-6,14H,2,7-9H2,1H3,(H2,18,19,22)/t14-/m0/s1. The van der Waals surface area contributed by atoms with Gasteiger partial charge in [0.1, 0.15) is 5.82 Å². The van der Waals surface area contributed by atoms with Crippen LogP contribution in [0.3, 0.4) is 0 Å². The van der Waals surface area contributed by atoms with Gasteiger partial charge in [0.15, 0.2) is 0 Å². The predicted molar refractivity (Wildman–Crippen MR) is 80.9 cm³/mol. The van der Waals surface area contributed by atoms with Crippen molar-refractivity contribution in [3.63, 3.8) is 0 Å². The first kappa shape index (κ1) is 15.5. The number of ether oxygens (including phenoxy) is 1. The van der Waals surface area contributed by atoms with E-state index in [2.05, 4.69) is 10.6 Å². The Balaban J connectivity index is 1.84. The summed E-state index contributed by atoms with van der Waals surface area (Å²) in [6.45, 7) is 1.51. The lowest BCUT2D eigenvalue weighted by molar-refractivity contribution is -0.125. The van der Waals surface area contributed by atoms with E-state index in [0.717, 1.165) is 6.42 Å². The molecule has 2 N–H and O–H groups in total. The second-order valence-electron chi connectivity index (χ2n) is 5.55. The molecule has 1 atom stereocenters. The third kappa shape index (κ3) is 3.05. The molecule has 0 radical (unpaired) electrons. The number of carbonyl (C=O) groups is 2. The molecule has 3 amide bonds. The molecule has 7 heteroatoms. The van der Waals surface area contributed by atoms with Crippen molar-refractivity contribution in [3.05, 3.63) is 46.9 Å². The molecule has 6 nitrogen and oxygen atoms in total. The largest absolute Gasteiger partial charge is 0.385 e. The molecule has 2 heterocycles. The number of methoxy groups -OCH3 is 1. The van der Waals surface area contributed by atoms with Gasteiger partial charge in [0.05, 0.1) is 23.9 Å². The van der Waals surface area contributed by atoms with E-state index in [9.17, 15) is 14.0 Å².